The second-order valence-corrected chi connectivity index (χ2v) is 16.4. The van der Waals surface area contributed by atoms with E-state index in [0.29, 0.717) is 5.82 Å². The Morgan fingerprint density at radius 2 is 0.836 bits per heavy atom. The molecule has 2 heteroatoms. The molecule has 2 nitrogen and oxygen atoms in total. The number of aromatic nitrogens is 2. The van der Waals surface area contributed by atoms with Crippen LogP contribution in [0.4, 0.5) is 0 Å². The van der Waals surface area contributed by atoms with Gasteiger partial charge in [0.25, 0.3) is 0 Å². The predicted octanol–water partition coefficient (Wildman–Crippen LogP) is 14.9. The molecule has 0 unspecified atom stereocenters. The summed E-state index contributed by atoms with van der Waals surface area (Å²) in [5.74, 6) is 0.700. The Morgan fingerprint density at radius 1 is 0.295 bits per heavy atom. The van der Waals surface area contributed by atoms with Crippen LogP contribution in [0.15, 0.2) is 218 Å². The maximum absolute atomic E-state index is 5.53. The molecule has 0 bridgehead atoms. The normalized spacial score (nSPS) is 13.0. The average Bonchev–Trinajstić information content (AvgIpc) is 3.81. The lowest BCUT2D eigenvalue weighted by molar-refractivity contribution is 0.795. The van der Waals surface area contributed by atoms with Gasteiger partial charge < -0.3 is 0 Å². The van der Waals surface area contributed by atoms with E-state index in [4.69, 9.17) is 9.97 Å². The molecule has 13 rings (SSSR count). The second kappa shape index (κ2) is 13.0. The minimum atomic E-state index is -0.498. The molecule has 2 aliphatic rings. The van der Waals surface area contributed by atoms with Crippen molar-refractivity contribution in [3.05, 3.63) is 241 Å². The van der Waals surface area contributed by atoms with E-state index in [1.165, 1.54) is 88.0 Å². The minimum absolute atomic E-state index is 0.498. The molecule has 61 heavy (non-hydrogen) atoms. The SMILES string of the molecule is c1ccc(-c2cc(-c3cccc4c3C3(c5ccccc5-c5ccccc53)c3ccccc3-4)nc(-c3ccc(-c4c5ccccc5cc5c4ccc4ccccc45)cc3)n2)cc1. The largest absolute Gasteiger partial charge is 0.228 e. The summed E-state index contributed by atoms with van der Waals surface area (Å²) < 4.78 is 0. The molecule has 0 saturated heterocycles. The zero-order valence-corrected chi connectivity index (χ0v) is 33.2. The summed E-state index contributed by atoms with van der Waals surface area (Å²) >= 11 is 0. The average molecular weight is 773 g/mol. The summed E-state index contributed by atoms with van der Waals surface area (Å²) in [5.41, 5.74) is 17.2. The van der Waals surface area contributed by atoms with Gasteiger partial charge in [0, 0.05) is 16.7 Å². The quantitative estimate of drug-likeness (QED) is 0.132. The first-order valence-corrected chi connectivity index (χ1v) is 21.1. The maximum atomic E-state index is 5.53. The highest BCUT2D eigenvalue weighted by atomic mass is 14.9. The molecule has 282 valence electrons. The third kappa shape index (κ3) is 4.85. The Kier molecular flexibility index (Phi) is 7.26. The summed E-state index contributed by atoms with van der Waals surface area (Å²) in [6.07, 6.45) is 0. The van der Waals surface area contributed by atoms with Gasteiger partial charge in [-0.25, -0.2) is 9.97 Å². The van der Waals surface area contributed by atoms with Crippen LogP contribution in [0.2, 0.25) is 0 Å². The van der Waals surface area contributed by atoms with Crippen molar-refractivity contribution in [2.45, 2.75) is 5.41 Å². The molecule has 0 fully saturated rings. The Balaban J connectivity index is 1.03. The van der Waals surface area contributed by atoms with E-state index < -0.39 is 5.41 Å². The molecule has 10 aromatic carbocycles. The molecule has 0 saturated carbocycles. The van der Waals surface area contributed by atoms with Gasteiger partial charge in [0.2, 0.25) is 0 Å². The molecule has 0 amide bonds. The summed E-state index contributed by atoms with van der Waals surface area (Å²) in [4.78, 5) is 10.9. The smallest absolute Gasteiger partial charge is 0.160 e. The van der Waals surface area contributed by atoms with Gasteiger partial charge in [-0.3, -0.25) is 0 Å². The summed E-state index contributed by atoms with van der Waals surface area (Å²) in [7, 11) is 0. The van der Waals surface area contributed by atoms with Crippen LogP contribution in [0.3, 0.4) is 0 Å². The lowest BCUT2D eigenvalue weighted by Gasteiger charge is -2.32. The van der Waals surface area contributed by atoms with Crippen LogP contribution in [-0.4, -0.2) is 9.97 Å². The lowest BCUT2D eigenvalue weighted by Crippen LogP contribution is -2.26. The van der Waals surface area contributed by atoms with Crippen molar-refractivity contribution >= 4 is 32.3 Å². The van der Waals surface area contributed by atoms with E-state index in [0.717, 1.165) is 28.1 Å². The van der Waals surface area contributed by atoms with Gasteiger partial charge in [-0.15, -0.1) is 0 Å². The lowest BCUT2D eigenvalue weighted by atomic mass is 9.69. The van der Waals surface area contributed by atoms with Crippen molar-refractivity contribution < 1.29 is 0 Å². The highest BCUT2D eigenvalue weighted by Gasteiger charge is 2.52. The van der Waals surface area contributed by atoms with E-state index in [1.54, 1.807) is 0 Å². The Morgan fingerprint density at radius 3 is 1.56 bits per heavy atom. The molecule has 2 aliphatic carbocycles. The first-order chi connectivity index (χ1) is 30.3. The molecule has 1 aromatic heterocycles. The van der Waals surface area contributed by atoms with Crippen molar-refractivity contribution in [1.82, 2.24) is 9.97 Å². The Bertz CT molecular complexity index is 3520. The topological polar surface area (TPSA) is 25.8 Å². The highest BCUT2D eigenvalue weighted by Crippen LogP contribution is 2.64. The van der Waals surface area contributed by atoms with Gasteiger partial charge in [0.05, 0.1) is 16.8 Å². The molecule has 0 aliphatic heterocycles. The number of hydrogen-bond acceptors (Lipinski definition) is 2. The monoisotopic (exact) mass is 772 g/mol. The van der Waals surface area contributed by atoms with Crippen molar-refractivity contribution in [1.29, 1.82) is 0 Å². The maximum Gasteiger partial charge on any atom is 0.160 e. The fourth-order valence-electron chi connectivity index (χ4n) is 10.8. The van der Waals surface area contributed by atoms with Crippen molar-refractivity contribution in [3.8, 4) is 67.3 Å². The third-order valence-corrected chi connectivity index (χ3v) is 13.3. The van der Waals surface area contributed by atoms with E-state index in [-0.39, 0.29) is 0 Å². The Labute approximate surface area is 354 Å². The number of fused-ring (bicyclic) bond motifs is 14. The van der Waals surface area contributed by atoms with Crippen molar-refractivity contribution in [2.75, 3.05) is 0 Å². The van der Waals surface area contributed by atoms with E-state index in [9.17, 15) is 0 Å². The highest BCUT2D eigenvalue weighted by molar-refractivity contribution is 6.20. The van der Waals surface area contributed by atoms with E-state index in [2.05, 4.69) is 218 Å². The van der Waals surface area contributed by atoms with Gasteiger partial charge in [-0.1, -0.05) is 206 Å². The minimum Gasteiger partial charge on any atom is -0.228 e. The van der Waals surface area contributed by atoms with Gasteiger partial charge in [-0.05, 0) is 100 Å². The summed E-state index contributed by atoms with van der Waals surface area (Å²) in [6, 6.07) is 79.7. The molecule has 0 atom stereocenters. The van der Waals surface area contributed by atoms with Gasteiger partial charge in [0.1, 0.15) is 0 Å². The predicted molar refractivity (Wildman–Crippen MR) is 253 cm³/mol. The van der Waals surface area contributed by atoms with Crippen LogP contribution in [0.25, 0.3) is 99.6 Å². The van der Waals surface area contributed by atoms with Crippen LogP contribution in [-0.2, 0) is 5.41 Å². The standard InChI is InChI=1S/C59H36N2/c1-2-16-38(17-3-1)54-36-55(49-25-14-24-48-46-23-10-13-28-53(46)59(57(48)49)51-26-11-8-21-44(51)45-22-9-12-27-52(45)59)61-58(60-54)40-31-29-39(30-32-40)56-43-20-7-5-18-41(43)35-50-42-19-6-4-15-37(42)33-34-47(50)56/h1-36H. The molecule has 1 spiro atoms. The number of nitrogens with zero attached hydrogens (tertiary/aromatic N) is 2. The number of hydrogen-bond donors (Lipinski definition) is 0. The molecule has 1 heterocycles. The van der Waals surface area contributed by atoms with E-state index >= 15 is 0 Å². The number of rotatable bonds is 4. The number of benzene rings is 10. The summed E-state index contributed by atoms with van der Waals surface area (Å²) in [5, 5.41) is 7.50. The van der Waals surface area contributed by atoms with Crippen LogP contribution < -0.4 is 0 Å². The molecule has 11 aromatic rings. The second-order valence-electron chi connectivity index (χ2n) is 16.4. The van der Waals surface area contributed by atoms with Gasteiger partial charge in [-0.2, -0.15) is 0 Å². The van der Waals surface area contributed by atoms with Crippen LogP contribution >= 0.6 is 0 Å². The van der Waals surface area contributed by atoms with Gasteiger partial charge >= 0.3 is 0 Å². The van der Waals surface area contributed by atoms with E-state index in [1.807, 2.05) is 0 Å². The fourth-order valence-corrected chi connectivity index (χ4v) is 10.8. The Hall–Kier alpha value is -7.94. The first kappa shape index (κ1) is 34.0. The molecule has 0 N–H and O–H groups in total. The fraction of sp³-hybridized carbons (Fsp3) is 0.0169. The molecular formula is C59H36N2. The van der Waals surface area contributed by atoms with Gasteiger partial charge in [0.15, 0.2) is 5.82 Å². The first-order valence-electron chi connectivity index (χ1n) is 21.1. The molecular weight excluding hydrogens is 737 g/mol. The van der Waals surface area contributed by atoms with Crippen LogP contribution in [0, 0.1) is 0 Å². The summed E-state index contributed by atoms with van der Waals surface area (Å²) in [6.45, 7) is 0. The zero-order valence-electron chi connectivity index (χ0n) is 33.2. The van der Waals surface area contributed by atoms with Crippen molar-refractivity contribution in [3.63, 3.8) is 0 Å². The third-order valence-electron chi connectivity index (χ3n) is 13.3. The van der Waals surface area contributed by atoms with Crippen molar-refractivity contribution in [2.24, 2.45) is 0 Å². The van der Waals surface area contributed by atoms with Crippen LogP contribution in [0.1, 0.15) is 22.3 Å². The van der Waals surface area contributed by atoms with Crippen LogP contribution in [0.5, 0.6) is 0 Å². The zero-order chi connectivity index (χ0) is 40.1. The molecule has 0 radical (unpaired) electrons.